The minimum atomic E-state index is 0.0268. The standard InChI is InChI=1S/C19H20N4OS/c1-2-23-18(17(21-19(23)25)15-8-3-4-10-20-15)16-9-5-11-22(16)13-14-7-6-12-24-14/h3-12,17-18H,2,13H2,1H3,(H,21,25)/t17-,18+/m1/s1. The molecule has 5 nitrogen and oxygen atoms in total. The topological polar surface area (TPSA) is 46.2 Å². The SMILES string of the molecule is CCN1C(=S)N[C@H](c2ccccn2)[C@@H]1c1cccn1Cc1ccco1. The average Bonchev–Trinajstić information content (AvgIpc) is 3.36. The van der Waals surface area contributed by atoms with Gasteiger partial charge >= 0.3 is 0 Å². The van der Waals surface area contributed by atoms with Crippen LogP contribution < -0.4 is 5.32 Å². The van der Waals surface area contributed by atoms with Gasteiger partial charge in [-0.25, -0.2) is 0 Å². The van der Waals surface area contributed by atoms with Crippen LogP contribution in [0.5, 0.6) is 0 Å². The van der Waals surface area contributed by atoms with Crippen molar-refractivity contribution in [1.82, 2.24) is 19.8 Å². The van der Waals surface area contributed by atoms with Crippen molar-refractivity contribution in [3.63, 3.8) is 0 Å². The summed E-state index contributed by atoms with van der Waals surface area (Å²) in [5, 5.41) is 4.23. The quantitative estimate of drug-likeness (QED) is 0.712. The number of pyridine rings is 1. The maximum atomic E-state index is 5.59. The van der Waals surface area contributed by atoms with E-state index in [-0.39, 0.29) is 12.1 Å². The first-order valence-corrected chi connectivity index (χ1v) is 8.84. The van der Waals surface area contributed by atoms with Crippen LogP contribution in [-0.2, 0) is 6.54 Å². The molecule has 3 aromatic heterocycles. The fourth-order valence-corrected chi connectivity index (χ4v) is 3.85. The maximum Gasteiger partial charge on any atom is 0.170 e. The van der Waals surface area contributed by atoms with E-state index < -0.39 is 0 Å². The molecular formula is C19H20N4OS. The minimum absolute atomic E-state index is 0.0268. The number of hydrogen-bond acceptors (Lipinski definition) is 3. The Morgan fingerprint density at radius 2 is 2.12 bits per heavy atom. The van der Waals surface area contributed by atoms with Gasteiger partial charge in [-0.2, -0.15) is 0 Å². The molecule has 6 heteroatoms. The predicted molar refractivity (Wildman–Crippen MR) is 100 cm³/mol. The summed E-state index contributed by atoms with van der Waals surface area (Å²) in [5.74, 6) is 0.934. The third kappa shape index (κ3) is 2.93. The molecule has 128 valence electrons. The summed E-state index contributed by atoms with van der Waals surface area (Å²) in [7, 11) is 0. The number of aromatic nitrogens is 2. The minimum Gasteiger partial charge on any atom is -0.467 e. The van der Waals surface area contributed by atoms with Crippen LogP contribution in [0.3, 0.4) is 0 Å². The van der Waals surface area contributed by atoms with Gasteiger partial charge in [-0.1, -0.05) is 6.07 Å². The molecule has 1 aliphatic rings. The zero-order chi connectivity index (χ0) is 17.2. The van der Waals surface area contributed by atoms with E-state index >= 15 is 0 Å². The van der Waals surface area contributed by atoms with Crippen LogP contribution in [0.4, 0.5) is 0 Å². The Hall–Kier alpha value is -2.60. The van der Waals surface area contributed by atoms with Crippen molar-refractivity contribution in [2.45, 2.75) is 25.6 Å². The van der Waals surface area contributed by atoms with Crippen LogP contribution in [0.25, 0.3) is 0 Å². The summed E-state index contributed by atoms with van der Waals surface area (Å²) in [6, 6.07) is 14.3. The van der Waals surface area contributed by atoms with Gasteiger partial charge in [0.25, 0.3) is 0 Å². The number of nitrogens with zero attached hydrogens (tertiary/aromatic N) is 3. The predicted octanol–water partition coefficient (Wildman–Crippen LogP) is 3.52. The number of hydrogen-bond donors (Lipinski definition) is 1. The highest BCUT2D eigenvalue weighted by molar-refractivity contribution is 7.80. The molecular weight excluding hydrogens is 332 g/mol. The fraction of sp³-hybridized carbons (Fsp3) is 0.263. The summed E-state index contributed by atoms with van der Waals surface area (Å²) >= 11 is 5.59. The summed E-state index contributed by atoms with van der Waals surface area (Å²) in [6.07, 6.45) is 5.62. The molecule has 0 unspecified atom stereocenters. The molecule has 1 fully saturated rings. The van der Waals surface area contributed by atoms with E-state index in [2.05, 4.69) is 45.0 Å². The van der Waals surface area contributed by atoms with Gasteiger partial charge in [0, 0.05) is 24.6 Å². The van der Waals surface area contributed by atoms with Crippen molar-refractivity contribution in [3.05, 3.63) is 78.3 Å². The zero-order valence-corrected chi connectivity index (χ0v) is 14.8. The second-order valence-corrected chi connectivity index (χ2v) is 6.44. The van der Waals surface area contributed by atoms with Crippen LogP contribution in [0.1, 0.15) is 36.2 Å². The zero-order valence-electron chi connectivity index (χ0n) is 14.0. The number of furan rings is 1. The summed E-state index contributed by atoms with van der Waals surface area (Å²) in [4.78, 5) is 6.78. The fourth-order valence-electron chi connectivity index (χ4n) is 3.48. The summed E-state index contributed by atoms with van der Waals surface area (Å²) in [5.41, 5.74) is 2.19. The first-order valence-electron chi connectivity index (χ1n) is 8.43. The Bertz CT molecular complexity index is 843. The van der Waals surface area contributed by atoms with Crippen molar-refractivity contribution in [1.29, 1.82) is 0 Å². The molecule has 0 bridgehead atoms. The lowest BCUT2D eigenvalue weighted by molar-refractivity contribution is 0.314. The van der Waals surface area contributed by atoms with Crippen LogP contribution in [0, 0.1) is 0 Å². The summed E-state index contributed by atoms with van der Waals surface area (Å²) < 4.78 is 7.74. The van der Waals surface area contributed by atoms with Gasteiger partial charge in [-0.3, -0.25) is 4.98 Å². The Balaban J connectivity index is 1.73. The molecule has 4 heterocycles. The number of thiocarbonyl (C=S) groups is 1. The highest BCUT2D eigenvalue weighted by Gasteiger charge is 2.40. The number of nitrogens with one attached hydrogen (secondary N) is 1. The van der Waals surface area contributed by atoms with E-state index in [0.29, 0.717) is 6.54 Å². The smallest absolute Gasteiger partial charge is 0.170 e. The normalized spacial score (nSPS) is 20.0. The Kier molecular flexibility index (Phi) is 4.28. The monoisotopic (exact) mass is 352 g/mol. The molecule has 0 aromatic carbocycles. The van der Waals surface area contributed by atoms with Crippen molar-refractivity contribution < 1.29 is 4.42 Å². The molecule has 0 aliphatic carbocycles. The summed E-state index contributed by atoms with van der Waals surface area (Å²) in [6.45, 7) is 3.67. The van der Waals surface area contributed by atoms with E-state index in [4.69, 9.17) is 16.6 Å². The van der Waals surface area contributed by atoms with Gasteiger partial charge < -0.3 is 19.2 Å². The van der Waals surface area contributed by atoms with Gasteiger partial charge in [-0.15, -0.1) is 0 Å². The molecule has 0 saturated carbocycles. The van der Waals surface area contributed by atoms with Crippen LogP contribution in [0.15, 0.2) is 65.5 Å². The van der Waals surface area contributed by atoms with Gasteiger partial charge in [0.1, 0.15) is 5.76 Å². The molecule has 0 amide bonds. The van der Waals surface area contributed by atoms with Gasteiger partial charge in [0.2, 0.25) is 0 Å². The Morgan fingerprint density at radius 3 is 2.84 bits per heavy atom. The molecule has 25 heavy (non-hydrogen) atoms. The Morgan fingerprint density at radius 1 is 1.20 bits per heavy atom. The molecule has 2 atom stereocenters. The molecule has 3 aromatic rings. The lowest BCUT2D eigenvalue weighted by Crippen LogP contribution is -2.30. The molecule has 0 spiro atoms. The Labute approximate surface area is 152 Å². The van der Waals surface area contributed by atoms with Crippen molar-refractivity contribution in [2.75, 3.05) is 6.54 Å². The molecule has 1 N–H and O–H groups in total. The molecule has 0 radical (unpaired) electrons. The van der Waals surface area contributed by atoms with E-state index in [1.165, 1.54) is 5.69 Å². The second kappa shape index (κ2) is 6.72. The first-order chi connectivity index (χ1) is 12.3. The second-order valence-electron chi connectivity index (χ2n) is 6.05. The van der Waals surface area contributed by atoms with E-state index in [1.54, 1.807) is 6.26 Å². The van der Waals surface area contributed by atoms with Crippen molar-refractivity contribution in [3.8, 4) is 0 Å². The van der Waals surface area contributed by atoms with Gasteiger partial charge in [0.05, 0.1) is 30.6 Å². The largest absolute Gasteiger partial charge is 0.467 e. The van der Waals surface area contributed by atoms with Crippen molar-refractivity contribution in [2.24, 2.45) is 0 Å². The highest BCUT2D eigenvalue weighted by Crippen LogP contribution is 2.38. The maximum absolute atomic E-state index is 5.59. The molecule has 4 rings (SSSR count). The average molecular weight is 352 g/mol. The van der Waals surface area contributed by atoms with Gasteiger partial charge in [0.15, 0.2) is 5.11 Å². The van der Waals surface area contributed by atoms with E-state index in [0.717, 1.165) is 23.1 Å². The van der Waals surface area contributed by atoms with E-state index in [1.807, 2.05) is 36.5 Å². The molecule has 1 saturated heterocycles. The first kappa shape index (κ1) is 15.9. The number of rotatable bonds is 5. The third-order valence-electron chi connectivity index (χ3n) is 4.61. The van der Waals surface area contributed by atoms with Crippen LogP contribution >= 0.6 is 12.2 Å². The van der Waals surface area contributed by atoms with Crippen molar-refractivity contribution >= 4 is 17.3 Å². The lowest BCUT2D eigenvalue weighted by atomic mass is 10.0. The third-order valence-corrected chi connectivity index (χ3v) is 4.96. The van der Waals surface area contributed by atoms with Crippen LogP contribution in [-0.4, -0.2) is 26.1 Å². The number of likely N-dealkylation sites (N-methyl/N-ethyl adjacent to an activating group) is 1. The van der Waals surface area contributed by atoms with Crippen LogP contribution in [0.2, 0.25) is 0 Å². The highest BCUT2D eigenvalue weighted by atomic mass is 32.1. The van der Waals surface area contributed by atoms with Gasteiger partial charge in [-0.05, 0) is 55.5 Å². The lowest BCUT2D eigenvalue weighted by Gasteiger charge is -2.27. The van der Waals surface area contributed by atoms with E-state index in [9.17, 15) is 0 Å². The molecule has 1 aliphatic heterocycles.